The van der Waals surface area contributed by atoms with Crippen LogP contribution in [0.15, 0.2) is 36.8 Å². The number of aromatic nitrogens is 4. The van der Waals surface area contributed by atoms with Gasteiger partial charge in [-0.05, 0) is 36.6 Å². The molecule has 4 N–H and O–H groups in total. The van der Waals surface area contributed by atoms with E-state index in [-0.39, 0.29) is 42.8 Å². The summed E-state index contributed by atoms with van der Waals surface area (Å²) in [6.07, 6.45) is 3.80. The molecule has 0 spiro atoms. The van der Waals surface area contributed by atoms with E-state index in [4.69, 9.17) is 26.4 Å². The molecule has 1 fully saturated rings. The van der Waals surface area contributed by atoms with Crippen molar-refractivity contribution in [3.63, 3.8) is 0 Å². The van der Waals surface area contributed by atoms with Gasteiger partial charge < -0.3 is 19.9 Å². The van der Waals surface area contributed by atoms with E-state index in [1.165, 1.54) is 18.3 Å². The number of fused-ring (bicyclic) bond motifs is 1. The van der Waals surface area contributed by atoms with Gasteiger partial charge in [-0.1, -0.05) is 11.6 Å². The summed E-state index contributed by atoms with van der Waals surface area (Å²) in [5.74, 6) is -0.0340. The van der Waals surface area contributed by atoms with E-state index in [0.717, 1.165) is 0 Å². The van der Waals surface area contributed by atoms with Crippen LogP contribution in [0, 0.1) is 11.8 Å². The Bertz CT molecular complexity index is 1060. The molecule has 1 aliphatic carbocycles. The average molecular weight is 440 g/mol. The van der Waals surface area contributed by atoms with Gasteiger partial charge >= 0.3 is 7.82 Å². The van der Waals surface area contributed by atoms with E-state index >= 15 is 0 Å². The zero-order valence-electron chi connectivity index (χ0n) is 15.1. The molecule has 0 amide bonds. The molecule has 4 atom stereocenters. The second-order valence-electron chi connectivity index (χ2n) is 6.81. The second kappa shape index (κ2) is 7.89. The lowest BCUT2D eigenvalue weighted by Crippen LogP contribution is -2.43. The molecular weight excluding hydrogens is 421 g/mol. The number of phosphoric acid groups is 1. The Balaban J connectivity index is 1.47. The summed E-state index contributed by atoms with van der Waals surface area (Å²) in [5, 5.41) is 10.1. The predicted octanol–water partition coefficient (Wildman–Crippen LogP) is 2.43. The van der Waals surface area contributed by atoms with E-state index in [9.17, 15) is 14.6 Å². The first-order valence-corrected chi connectivity index (χ1v) is 10.7. The largest absolute Gasteiger partial charge is 0.527 e. The lowest BCUT2D eigenvalue weighted by molar-refractivity contribution is -0.00476. The van der Waals surface area contributed by atoms with Crippen LogP contribution in [0.25, 0.3) is 11.2 Å². The summed E-state index contributed by atoms with van der Waals surface area (Å²) in [4.78, 5) is 22.4. The van der Waals surface area contributed by atoms with E-state index in [2.05, 4.69) is 15.0 Å². The van der Waals surface area contributed by atoms with Gasteiger partial charge in [-0.3, -0.25) is 9.42 Å². The van der Waals surface area contributed by atoms with E-state index in [0.29, 0.717) is 22.6 Å². The van der Waals surface area contributed by atoms with Gasteiger partial charge in [0.1, 0.15) is 11.3 Å². The second-order valence-corrected chi connectivity index (χ2v) is 8.62. The maximum atomic E-state index is 12.3. The summed E-state index contributed by atoms with van der Waals surface area (Å²) >= 11 is 5.79. The number of rotatable bonds is 7. The van der Waals surface area contributed by atoms with Crippen molar-refractivity contribution in [3.8, 4) is 5.75 Å². The number of imidazole rings is 1. The van der Waals surface area contributed by atoms with Crippen molar-refractivity contribution in [1.82, 2.24) is 19.5 Å². The first-order chi connectivity index (χ1) is 13.9. The van der Waals surface area contributed by atoms with Crippen LogP contribution in [0.5, 0.6) is 5.75 Å². The molecule has 2 heterocycles. The molecule has 0 bridgehead atoms. The molecule has 154 valence electrons. The van der Waals surface area contributed by atoms with Gasteiger partial charge in [0.25, 0.3) is 0 Å². The summed E-state index contributed by atoms with van der Waals surface area (Å²) in [5.41, 5.74) is 6.83. The minimum Gasteiger partial charge on any atom is -0.404 e. The number of phosphoric ester groups is 1. The molecule has 29 heavy (non-hydrogen) atoms. The first-order valence-electron chi connectivity index (χ1n) is 8.84. The highest BCUT2D eigenvalue weighted by Gasteiger charge is 2.44. The number of anilines is 1. The Morgan fingerprint density at radius 1 is 1.31 bits per heavy atom. The van der Waals surface area contributed by atoms with Crippen LogP contribution in [0.2, 0.25) is 5.02 Å². The Morgan fingerprint density at radius 3 is 2.79 bits per heavy atom. The van der Waals surface area contributed by atoms with Gasteiger partial charge in [-0.2, -0.15) is 4.98 Å². The molecular formula is C17H19ClN5O5P. The quantitative estimate of drug-likeness (QED) is 0.472. The number of hydrogen-bond donors (Lipinski definition) is 3. The molecule has 1 aliphatic rings. The number of nitrogens with zero attached hydrogens (tertiary/aromatic N) is 4. The SMILES string of the molecule is Nc1ncc2ncn([C@@H]3C[C@H](CO)[C@@H]3COP(=O)(O)Oc3ccc(Cl)cc3)c2n1. The van der Waals surface area contributed by atoms with Crippen LogP contribution in [0.4, 0.5) is 5.95 Å². The number of halogens is 1. The Morgan fingerprint density at radius 2 is 2.07 bits per heavy atom. The van der Waals surface area contributed by atoms with E-state index < -0.39 is 7.82 Å². The highest BCUT2D eigenvalue weighted by molar-refractivity contribution is 7.47. The maximum absolute atomic E-state index is 12.3. The van der Waals surface area contributed by atoms with Crippen LogP contribution in [-0.4, -0.2) is 42.7 Å². The Labute approximate surface area is 170 Å². The highest BCUT2D eigenvalue weighted by atomic mass is 35.5. The van der Waals surface area contributed by atoms with Gasteiger partial charge in [0.15, 0.2) is 5.65 Å². The molecule has 3 aromatic rings. The molecule has 0 saturated heterocycles. The monoisotopic (exact) mass is 439 g/mol. The third kappa shape index (κ3) is 4.22. The molecule has 10 nitrogen and oxygen atoms in total. The number of hydrogen-bond acceptors (Lipinski definition) is 8. The molecule has 0 aliphatic heterocycles. The minimum atomic E-state index is -4.35. The van der Waals surface area contributed by atoms with Gasteiger partial charge in [0, 0.05) is 23.6 Å². The molecule has 2 aromatic heterocycles. The van der Waals surface area contributed by atoms with Gasteiger partial charge in [-0.25, -0.2) is 14.5 Å². The van der Waals surface area contributed by atoms with Gasteiger partial charge in [-0.15, -0.1) is 0 Å². The van der Waals surface area contributed by atoms with Crippen molar-refractivity contribution >= 4 is 36.5 Å². The normalized spacial score (nSPS) is 23.5. The van der Waals surface area contributed by atoms with E-state index in [1.807, 2.05) is 4.57 Å². The standard InChI is InChI=1S/C17H19ClN5O5P/c18-11-1-3-12(4-2-11)28-29(25,26)27-8-13-10(7-24)5-15(13)23-9-21-14-6-20-17(19)22-16(14)23/h1-4,6,9-10,13,15,24H,5,7-8H2,(H,25,26)(H2,19,20,22)/t10-,13+,15-/m1/s1. The number of aliphatic hydroxyl groups is 1. The van der Waals surface area contributed by atoms with Crippen molar-refractivity contribution < 1.29 is 23.6 Å². The third-order valence-corrected chi connectivity index (χ3v) is 6.20. The number of nitrogens with two attached hydrogens (primary N) is 1. The van der Waals surface area contributed by atoms with Gasteiger partial charge in [0.05, 0.1) is 19.1 Å². The fraction of sp³-hybridized carbons (Fsp3) is 0.353. The lowest BCUT2D eigenvalue weighted by Gasteiger charge is -2.44. The Kier molecular flexibility index (Phi) is 5.46. The Hall–Kier alpha value is -2.23. The van der Waals surface area contributed by atoms with Crippen LogP contribution >= 0.6 is 19.4 Å². The molecule has 1 unspecified atom stereocenters. The van der Waals surface area contributed by atoms with Gasteiger partial charge in [0.2, 0.25) is 5.95 Å². The molecule has 0 radical (unpaired) electrons. The van der Waals surface area contributed by atoms with Crippen molar-refractivity contribution in [2.24, 2.45) is 11.8 Å². The topological polar surface area (TPSA) is 146 Å². The minimum absolute atomic E-state index is 0.0674. The van der Waals surface area contributed by atoms with Crippen molar-refractivity contribution in [2.45, 2.75) is 12.5 Å². The number of benzene rings is 1. The summed E-state index contributed by atoms with van der Waals surface area (Å²) in [6, 6.07) is 5.90. The zero-order chi connectivity index (χ0) is 20.6. The average Bonchev–Trinajstić information content (AvgIpc) is 3.06. The van der Waals surface area contributed by atoms with Crippen molar-refractivity contribution in [1.29, 1.82) is 0 Å². The fourth-order valence-electron chi connectivity index (χ4n) is 3.47. The maximum Gasteiger partial charge on any atom is 0.527 e. The molecule has 4 rings (SSSR count). The zero-order valence-corrected chi connectivity index (χ0v) is 16.8. The summed E-state index contributed by atoms with van der Waals surface area (Å²) in [7, 11) is -4.35. The number of aliphatic hydroxyl groups excluding tert-OH is 1. The molecule has 1 saturated carbocycles. The van der Waals surface area contributed by atoms with Crippen molar-refractivity contribution in [2.75, 3.05) is 18.9 Å². The predicted molar refractivity (Wildman–Crippen MR) is 105 cm³/mol. The lowest BCUT2D eigenvalue weighted by atomic mass is 9.70. The number of nitrogen functional groups attached to an aromatic ring is 1. The highest BCUT2D eigenvalue weighted by Crippen LogP contribution is 2.50. The van der Waals surface area contributed by atoms with Crippen LogP contribution < -0.4 is 10.3 Å². The fourth-order valence-corrected chi connectivity index (χ4v) is 4.40. The first kappa shape index (κ1) is 20.1. The smallest absolute Gasteiger partial charge is 0.404 e. The summed E-state index contributed by atoms with van der Waals surface area (Å²) in [6.45, 7) is -0.153. The van der Waals surface area contributed by atoms with Crippen LogP contribution in [0.1, 0.15) is 12.5 Å². The molecule has 12 heteroatoms. The third-order valence-electron chi connectivity index (χ3n) is 5.03. The summed E-state index contributed by atoms with van der Waals surface area (Å²) < 4.78 is 24.4. The van der Waals surface area contributed by atoms with Crippen molar-refractivity contribution in [3.05, 3.63) is 41.8 Å². The molecule has 1 aromatic carbocycles. The van der Waals surface area contributed by atoms with Crippen LogP contribution in [-0.2, 0) is 9.09 Å². The van der Waals surface area contributed by atoms with Crippen LogP contribution in [0.3, 0.4) is 0 Å². The van der Waals surface area contributed by atoms with E-state index in [1.54, 1.807) is 18.5 Å².